The molecule has 1 saturated heterocycles. The molecular weight excluding hydrogens is 268 g/mol. The number of epoxide rings is 1. The van der Waals surface area contributed by atoms with Gasteiger partial charge in [0.05, 0.1) is 12.2 Å². The van der Waals surface area contributed by atoms with E-state index in [-0.39, 0.29) is 0 Å². The van der Waals surface area contributed by atoms with E-state index in [0.29, 0.717) is 12.2 Å². The molecule has 1 unspecified atom stereocenters. The lowest BCUT2D eigenvalue weighted by Gasteiger charge is -2.11. The minimum Gasteiger partial charge on any atom is -0.370 e. The van der Waals surface area contributed by atoms with Crippen molar-refractivity contribution in [2.45, 2.75) is 31.5 Å². The molecule has 1 heterocycles. The molecule has 2 aromatic rings. The topological polar surface area (TPSA) is 12.5 Å². The molecule has 0 spiro atoms. The van der Waals surface area contributed by atoms with Gasteiger partial charge < -0.3 is 4.74 Å². The maximum atomic E-state index is 5.92. The first kappa shape index (κ1) is 12.4. The van der Waals surface area contributed by atoms with Crippen LogP contribution in [0.3, 0.4) is 0 Å². The molecule has 20 heavy (non-hydrogen) atoms. The third-order valence-electron chi connectivity index (χ3n) is 4.47. The second-order valence-corrected chi connectivity index (χ2v) is 6.39. The SMILES string of the molecule is Clc1ccc(-c2ccc(CC3C[C@@H]4O[C@@H]4C3)cc2)cc1. The van der Waals surface area contributed by atoms with Crippen LogP contribution >= 0.6 is 11.6 Å². The fourth-order valence-corrected chi connectivity index (χ4v) is 3.45. The van der Waals surface area contributed by atoms with E-state index in [0.717, 1.165) is 10.9 Å². The van der Waals surface area contributed by atoms with E-state index in [2.05, 4.69) is 36.4 Å². The Labute approximate surface area is 124 Å². The van der Waals surface area contributed by atoms with Crippen LogP contribution in [-0.4, -0.2) is 12.2 Å². The maximum absolute atomic E-state index is 5.92. The van der Waals surface area contributed by atoms with Crippen LogP contribution in [0, 0.1) is 5.92 Å². The zero-order valence-electron chi connectivity index (χ0n) is 11.3. The fourth-order valence-electron chi connectivity index (χ4n) is 3.32. The van der Waals surface area contributed by atoms with E-state index in [4.69, 9.17) is 16.3 Å². The van der Waals surface area contributed by atoms with Gasteiger partial charge in [-0.3, -0.25) is 0 Å². The summed E-state index contributed by atoms with van der Waals surface area (Å²) in [6.45, 7) is 0. The first-order valence-corrected chi connectivity index (χ1v) is 7.66. The Hall–Kier alpha value is -1.31. The number of fused-ring (bicyclic) bond motifs is 1. The highest BCUT2D eigenvalue weighted by Crippen LogP contribution is 2.43. The molecule has 2 aliphatic rings. The van der Waals surface area contributed by atoms with E-state index >= 15 is 0 Å². The molecule has 2 aromatic carbocycles. The number of rotatable bonds is 3. The highest BCUT2D eigenvalue weighted by Gasteiger charge is 2.47. The highest BCUT2D eigenvalue weighted by molar-refractivity contribution is 6.30. The Kier molecular flexibility index (Phi) is 3.05. The van der Waals surface area contributed by atoms with Gasteiger partial charge in [-0.25, -0.2) is 0 Å². The molecule has 2 fully saturated rings. The lowest BCUT2D eigenvalue weighted by molar-refractivity contribution is 0.272. The fraction of sp³-hybridized carbons (Fsp3) is 0.333. The first-order valence-electron chi connectivity index (χ1n) is 7.28. The summed E-state index contributed by atoms with van der Waals surface area (Å²) in [6, 6.07) is 17.0. The monoisotopic (exact) mass is 284 g/mol. The van der Waals surface area contributed by atoms with Crippen molar-refractivity contribution in [1.82, 2.24) is 0 Å². The van der Waals surface area contributed by atoms with Crippen molar-refractivity contribution in [3.05, 3.63) is 59.1 Å². The third-order valence-corrected chi connectivity index (χ3v) is 4.73. The molecule has 0 bridgehead atoms. The number of hydrogen-bond acceptors (Lipinski definition) is 1. The van der Waals surface area contributed by atoms with E-state index < -0.39 is 0 Å². The van der Waals surface area contributed by atoms with E-state index in [1.807, 2.05) is 12.1 Å². The Morgan fingerprint density at radius 2 is 1.40 bits per heavy atom. The van der Waals surface area contributed by atoms with Crippen LogP contribution in [0.4, 0.5) is 0 Å². The molecule has 0 aromatic heterocycles. The van der Waals surface area contributed by atoms with Crippen LogP contribution in [0.5, 0.6) is 0 Å². The molecule has 1 aliphatic heterocycles. The summed E-state index contributed by atoms with van der Waals surface area (Å²) < 4.78 is 5.50. The van der Waals surface area contributed by atoms with Gasteiger partial charge in [-0.05, 0) is 54.0 Å². The minimum absolute atomic E-state index is 0.591. The van der Waals surface area contributed by atoms with Crippen LogP contribution in [-0.2, 0) is 11.2 Å². The van der Waals surface area contributed by atoms with Crippen molar-refractivity contribution in [3.63, 3.8) is 0 Å². The average Bonchev–Trinajstić information content (AvgIpc) is 3.08. The van der Waals surface area contributed by atoms with Gasteiger partial charge in [-0.2, -0.15) is 0 Å². The molecular formula is C18H17ClO. The zero-order valence-corrected chi connectivity index (χ0v) is 12.0. The Balaban J connectivity index is 1.46. The molecule has 0 radical (unpaired) electrons. The summed E-state index contributed by atoms with van der Waals surface area (Å²) in [4.78, 5) is 0. The molecule has 102 valence electrons. The lowest BCUT2D eigenvalue weighted by atomic mass is 9.95. The van der Waals surface area contributed by atoms with Crippen LogP contribution in [0.1, 0.15) is 18.4 Å². The highest BCUT2D eigenvalue weighted by atomic mass is 35.5. The molecule has 1 nitrogen and oxygen atoms in total. The molecule has 1 saturated carbocycles. The normalized spacial score (nSPS) is 27.4. The van der Waals surface area contributed by atoms with Crippen molar-refractivity contribution in [3.8, 4) is 11.1 Å². The van der Waals surface area contributed by atoms with E-state index in [1.54, 1.807) is 0 Å². The van der Waals surface area contributed by atoms with Gasteiger partial charge >= 0.3 is 0 Å². The second kappa shape index (κ2) is 4.91. The van der Waals surface area contributed by atoms with Crippen LogP contribution < -0.4 is 0 Å². The van der Waals surface area contributed by atoms with Crippen LogP contribution in [0.2, 0.25) is 5.02 Å². The number of hydrogen-bond donors (Lipinski definition) is 0. The summed E-state index contributed by atoms with van der Waals surface area (Å²) in [5.41, 5.74) is 3.91. The standard InChI is InChI=1S/C18H17ClO/c19-16-7-5-15(6-8-16)14-3-1-12(2-4-14)9-13-10-17-18(11-13)20-17/h1-8,13,17-18H,9-11H2/t13?,17-,18+. The van der Waals surface area contributed by atoms with Crippen LogP contribution in [0.15, 0.2) is 48.5 Å². The third kappa shape index (κ3) is 2.48. The predicted octanol–water partition coefficient (Wildman–Crippen LogP) is 4.73. The quantitative estimate of drug-likeness (QED) is 0.743. The summed E-state index contributed by atoms with van der Waals surface area (Å²) in [6.07, 6.45) is 4.88. The largest absolute Gasteiger partial charge is 0.370 e. The van der Waals surface area contributed by atoms with Gasteiger partial charge in [0.1, 0.15) is 0 Å². The molecule has 4 rings (SSSR count). The van der Waals surface area contributed by atoms with Crippen molar-refractivity contribution < 1.29 is 4.74 Å². The van der Waals surface area contributed by atoms with Crippen molar-refractivity contribution in [2.24, 2.45) is 5.92 Å². The summed E-state index contributed by atoms with van der Waals surface area (Å²) in [5.74, 6) is 0.820. The average molecular weight is 285 g/mol. The summed E-state index contributed by atoms with van der Waals surface area (Å²) >= 11 is 5.92. The Morgan fingerprint density at radius 1 is 0.850 bits per heavy atom. The van der Waals surface area contributed by atoms with Gasteiger partial charge in [0, 0.05) is 5.02 Å². The van der Waals surface area contributed by atoms with Gasteiger partial charge in [0.2, 0.25) is 0 Å². The first-order chi connectivity index (χ1) is 9.78. The van der Waals surface area contributed by atoms with Gasteiger partial charge in [-0.1, -0.05) is 48.0 Å². The molecule has 0 amide bonds. The van der Waals surface area contributed by atoms with Gasteiger partial charge in [-0.15, -0.1) is 0 Å². The van der Waals surface area contributed by atoms with Gasteiger partial charge in [0.25, 0.3) is 0 Å². The van der Waals surface area contributed by atoms with Crippen molar-refractivity contribution in [2.75, 3.05) is 0 Å². The predicted molar refractivity (Wildman–Crippen MR) is 82.0 cm³/mol. The minimum atomic E-state index is 0.591. The summed E-state index contributed by atoms with van der Waals surface area (Å²) in [5, 5.41) is 0.785. The van der Waals surface area contributed by atoms with E-state index in [1.165, 1.54) is 36.0 Å². The zero-order chi connectivity index (χ0) is 13.5. The summed E-state index contributed by atoms with van der Waals surface area (Å²) in [7, 11) is 0. The maximum Gasteiger partial charge on any atom is 0.0844 e. The lowest BCUT2D eigenvalue weighted by Crippen LogP contribution is -2.03. The second-order valence-electron chi connectivity index (χ2n) is 5.96. The Bertz CT molecular complexity index is 592. The molecule has 1 aliphatic carbocycles. The van der Waals surface area contributed by atoms with Crippen LogP contribution in [0.25, 0.3) is 11.1 Å². The molecule has 3 atom stereocenters. The van der Waals surface area contributed by atoms with Crippen molar-refractivity contribution >= 4 is 11.6 Å². The smallest absolute Gasteiger partial charge is 0.0844 e. The molecule has 2 heteroatoms. The Morgan fingerprint density at radius 3 is 2.00 bits per heavy atom. The molecule has 0 N–H and O–H groups in total. The van der Waals surface area contributed by atoms with E-state index in [9.17, 15) is 0 Å². The number of ether oxygens (including phenoxy) is 1. The van der Waals surface area contributed by atoms with Crippen molar-refractivity contribution in [1.29, 1.82) is 0 Å². The number of halogens is 1. The number of benzene rings is 2. The van der Waals surface area contributed by atoms with Gasteiger partial charge in [0.15, 0.2) is 0 Å².